The van der Waals surface area contributed by atoms with Crippen molar-refractivity contribution in [1.82, 2.24) is 0 Å². The molecule has 0 saturated carbocycles. The van der Waals surface area contributed by atoms with Crippen LogP contribution in [-0.4, -0.2) is 23.4 Å². The van der Waals surface area contributed by atoms with E-state index >= 15 is 0 Å². The molecular weight excluding hydrogens is 220 g/mol. The normalized spacial score (nSPS) is 11.2. The highest BCUT2D eigenvalue weighted by atomic mass is 32.2. The molecule has 0 aromatic heterocycles. The van der Waals surface area contributed by atoms with E-state index in [1.165, 1.54) is 0 Å². The van der Waals surface area contributed by atoms with Gasteiger partial charge in [0.15, 0.2) is 5.78 Å². The highest BCUT2D eigenvalue weighted by Gasteiger charge is 2.14. The second kappa shape index (κ2) is 5.39. The van der Waals surface area contributed by atoms with Gasteiger partial charge in [-0.1, -0.05) is 20.8 Å². The van der Waals surface area contributed by atoms with Crippen LogP contribution in [0, 0.1) is 0 Å². The van der Waals surface area contributed by atoms with Gasteiger partial charge < -0.3 is 4.74 Å². The van der Waals surface area contributed by atoms with Gasteiger partial charge in [0, 0.05) is 10.3 Å². The Morgan fingerprint density at radius 1 is 1.25 bits per heavy atom. The Kier molecular flexibility index (Phi) is 4.42. The molecule has 2 nitrogen and oxygen atoms in total. The maximum absolute atomic E-state index is 11.8. The lowest BCUT2D eigenvalue weighted by Gasteiger charge is -2.16. The molecule has 0 fully saturated rings. The Balaban J connectivity index is 2.59. The van der Waals surface area contributed by atoms with Gasteiger partial charge in [-0.2, -0.15) is 0 Å². The first-order chi connectivity index (χ1) is 7.42. The summed E-state index contributed by atoms with van der Waals surface area (Å²) in [6.07, 6.45) is 0. The van der Waals surface area contributed by atoms with Gasteiger partial charge in [0.2, 0.25) is 0 Å². The minimum absolute atomic E-state index is 0.127. The number of rotatable bonds is 4. The summed E-state index contributed by atoms with van der Waals surface area (Å²) in [7, 11) is 1.62. The monoisotopic (exact) mass is 238 g/mol. The van der Waals surface area contributed by atoms with Gasteiger partial charge in [0.05, 0.1) is 12.9 Å². The summed E-state index contributed by atoms with van der Waals surface area (Å²) in [6, 6.07) is 7.25. The zero-order valence-corrected chi connectivity index (χ0v) is 11.1. The number of carbonyl (C=O) groups is 1. The third-order valence-electron chi connectivity index (χ3n) is 2.05. The molecule has 1 aromatic carbocycles. The SMILES string of the molecule is COc1ccc(C(=O)CSC(C)(C)C)cc1. The number of thioether (sulfide) groups is 1. The molecule has 1 aromatic rings. The predicted octanol–water partition coefficient (Wildman–Crippen LogP) is 3.41. The van der Waals surface area contributed by atoms with Gasteiger partial charge in [-0.05, 0) is 24.3 Å². The van der Waals surface area contributed by atoms with E-state index in [0.29, 0.717) is 5.75 Å². The Morgan fingerprint density at radius 3 is 2.25 bits per heavy atom. The van der Waals surface area contributed by atoms with Crippen molar-refractivity contribution in [2.24, 2.45) is 0 Å². The van der Waals surface area contributed by atoms with Gasteiger partial charge in [-0.3, -0.25) is 4.79 Å². The number of ether oxygens (including phenoxy) is 1. The van der Waals surface area contributed by atoms with Gasteiger partial charge in [-0.15, -0.1) is 11.8 Å². The first-order valence-electron chi connectivity index (χ1n) is 5.23. The van der Waals surface area contributed by atoms with Crippen molar-refractivity contribution in [2.75, 3.05) is 12.9 Å². The van der Waals surface area contributed by atoms with Crippen molar-refractivity contribution in [3.05, 3.63) is 29.8 Å². The second-order valence-electron chi connectivity index (χ2n) is 4.55. The Morgan fingerprint density at radius 2 is 1.81 bits per heavy atom. The Bertz CT molecular complexity index is 349. The molecule has 0 heterocycles. The van der Waals surface area contributed by atoms with E-state index in [1.54, 1.807) is 18.9 Å². The van der Waals surface area contributed by atoms with Crippen LogP contribution < -0.4 is 4.74 Å². The molecule has 0 spiro atoms. The summed E-state index contributed by atoms with van der Waals surface area (Å²) >= 11 is 1.67. The Labute approximate surface area is 101 Å². The van der Waals surface area contributed by atoms with E-state index in [9.17, 15) is 4.79 Å². The molecule has 0 amide bonds. The molecule has 1 rings (SSSR count). The minimum atomic E-state index is 0.127. The summed E-state index contributed by atoms with van der Waals surface area (Å²) in [5, 5.41) is 0. The van der Waals surface area contributed by atoms with Crippen molar-refractivity contribution in [3.8, 4) is 5.75 Å². The molecule has 16 heavy (non-hydrogen) atoms. The maximum atomic E-state index is 11.8. The van der Waals surface area contributed by atoms with E-state index in [2.05, 4.69) is 20.8 Å². The lowest BCUT2D eigenvalue weighted by atomic mass is 10.1. The summed E-state index contributed by atoms with van der Waals surface area (Å²) in [5.74, 6) is 1.47. The van der Waals surface area contributed by atoms with Crippen LogP contribution in [0.1, 0.15) is 31.1 Å². The van der Waals surface area contributed by atoms with Crippen LogP contribution in [0.3, 0.4) is 0 Å². The quantitative estimate of drug-likeness (QED) is 0.752. The third kappa shape index (κ3) is 4.27. The lowest BCUT2D eigenvalue weighted by molar-refractivity contribution is 0.102. The average Bonchev–Trinajstić information content (AvgIpc) is 2.25. The number of methoxy groups -OCH3 is 1. The van der Waals surface area contributed by atoms with Crippen LogP contribution in [0.25, 0.3) is 0 Å². The molecule has 0 saturated heterocycles. The molecule has 0 unspecified atom stereocenters. The molecule has 0 aliphatic carbocycles. The van der Waals surface area contributed by atoms with E-state index < -0.39 is 0 Å². The van der Waals surface area contributed by atoms with Gasteiger partial charge >= 0.3 is 0 Å². The molecule has 0 bridgehead atoms. The standard InChI is InChI=1S/C13H18O2S/c1-13(2,3)16-9-12(14)10-5-7-11(15-4)8-6-10/h5-8H,9H2,1-4H3. The summed E-state index contributed by atoms with van der Waals surface area (Å²) < 4.78 is 5.17. The van der Waals surface area contributed by atoms with Gasteiger partial charge in [-0.25, -0.2) is 0 Å². The first kappa shape index (κ1) is 13.1. The summed E-state index contributed by atoms with van der Waals surface area (Å²) in [4.78, 5) is 11.8. The number of carbonyl (C=O) groups excluding carboxylic acids is 1. The van der Waals surface area contributed by atoms with Crippen molar-refractivity contribution in [2.45, 2.75) is 25.5 Å². The highest BCUT2D eigenvalue weighted by Crippen LogP contribution is 2.24. The molecule has 88 valence electrons. The number of benzene rings is 1. The number of hydrogen-bond acceptors (Lipinski definition) is 3. The van der Waals surface area contributed by atoms with Crippen LogP contribution in [0.15, 0.2) is 24.3 Å². The van der Waals surface area contributed by atoms with Crippen molar-refractivity contribution in [3.63, 3.8) is 0 Å². The maximum Gasteiger partial charge on any atom is 0.172 e. The smallest absolute Gasteiger partial charge is 0.172 e. The zero-order valence-electron chi connectivity index (χ0n) is 10.2. The minimum Gasteiger partial charge on any atom is -0.497 e. The number of ketones is 1. The van der Waals surface area contributed by atoms with Crippen molar-refractivity contribution < 1.29 is 9.53 Å². The topological polar surface area (TPSA) is 26.3 Å². The van der Waals surface area contributed by atoms with E-state index in [-0.39, 0.29) is 10.5 Å². The van der Waals surface area contributed by atoms with Crippen molar-refractivity contribution in [1.29, 1.82) is 0 Å². The van der Waals surface area contributed by atoms with Gasteiger partial charge in [0.25, 0.3) is 0 Å². The molecule has 3 heteroatoms. The second-order valence-corrected chi connectivity index (χ2v) is 6.35. The van der Waals surface area contributed by atoms with Crippen molar-refractivity contribution >= 4 is 17.5 Å². The highest BCUT2D eigenvalue weighted by molar-refractivity contribution is 8.01. The molecule has 0 aliphatic rings. The van der Waals surface area contributed by atoms with E-state index in [4.69, 9.17) is 4.74 Å². The van der Waals surface area contributed by atoms with E-state index in [0.717, 1.165) is 11.3 Å². The summed E-state index contributed by atoms with van der Waals surface area (Å²) in [6.45, 7) is 6.33. The largest absolute Gasteiger partial charge is 0.497 e. The lowest BCUT2D eigenvalue weighted by Crippen LogP contribution is -2.13. The molecule has 0 atom stereocenters. The zero-order chi connectivity index (χ0) is 12.2. The third-order valence-corrected chi connectivity index (χ3v) is 3.32. The number of hydrogen-bond donors (Lipinski definition) is 0. The van der Waals surface area contributed by atoms with Crippen LogP contribution in [0.5, 0.6) is 5.75 Å². The molecule has 0 radical (unpaired) electrons. The fourth-order valence-corrected chi connectivity index (χ4v) is 1.87. The van der Waals surface area contributed by atoms with Crippen LogP contribution in [0.4, 0.5) is 0 Å². The molecular formula is C13H18O2S. The summed E-state index contributed by atoms with van der Waals surface area (Å²) in [5.41, 5.74) is 0.748. The average molecular weight is 238 g/mol. The molecule has 0 N–H and O–H groups in total. The van der Waals surface area contributed by atoms with Crippen LogP contribution in [-0.2, 0) is 0 Å². The predicted molar refractivity (Wildman–Crippen MR) is 69.5 cm³/mol. The van der Waals surface area contributed by atoms with Gasteiger partial charge in [0.1, 0.15) is 5.75 Å². The van der Waals surface area contributed by atoms with E-state index in [1.807, 2.05) is 24.3 Å². The van der Waals surface area contributed by atoms with Crippen LogP contribution in [0.2, 0.25) is 0 Å². The Hall–Kier alpha value is -0.960. The molecule has 0 aliphatic heterocycles. The van der Waals surface area contributed by atoms with Crippen LogP contribution >= 0.6 is 11.8 Å². The fraction of sp³-hybridized carbons (Fsp3) is 0.462. The first-order valence-corrected chi connectivity index (χ1v) is 6.22. The fourth-order valence-electron chi connectivity index (χ4n) is 1.14. The number of Topliss-reactive ketones (excluding diaryl/α,β-unsaturated/α-hetero) is 1.